The molecule has 22 heavy (non-hydrogen) atoms. The van der Waals surface area contributed by atoms with Gasteiger partial charge in [-0.15, -0.1) is 12.4 Å². The molecule has 6 heteroatoms. The van der Waals surface area contributed by atoms with Gasteiger partial charge in [0, 0.05) is 6.54 Å². The maximum atomic E-state index is 12.2. The number of amides is 1. The number of nitrogens with zero attached hydrogens (tertiary/aromatic N) is 1. The highest BCUT2D eigenvalue weighted by Gasteiger charge is 2.23. The molecule has 0 saturated heterocycles. The van der Waals surface area contributed by atoms with E-state index in [1.807, 2.05) is 19.1 Å². The molecule has 5 nitrogen and oxygen atoms in total. The van der Waals surface area contributed by atoms with Crippen LogP contribution in [0.4, 0.5) is 5.69 Å². The fraction of sp³-hybridized carbons (Fsp3) is 0.562. The number of halogens is 1. The molecule has 0 aliphatic carbocycles. The summed E-state index contributed by atoms with van der Waals surface area (Å²) in [6.45, 7) is 6.74. The van der Waals surface area contributed by atoms with E-state index in [0.717, 1.165) is 12.0 Å². The molecule has 0 atom stereocenters. The molecule has 0 bridgehead atoms. The molecule has 0 saturated carbocycles. The van der Waals surface area contributed by atoms with Gasteiger partial charge in [0.15, 0.2) is 0 Å². The third kappa shape index (κ3) is 5.07. The lowest BCUT2D eigenvalue weighted by Crippen LogP contribution is -2.37. The van der Waals surface area contributed by atoms with Gasteiger partial charge in [0.05, 0.1) is 20.8 Å². The molecule has 0 aromatic heterocycles. The van der Waals surface area contributed by atoms with Gasteiger partial charge in [0.25, 0.3) is 0 Å². The quantitative estimate of drug-likeness (QED) is 0.835. The molecule has 1 rings (SSSR count). The van der Waals surface area contributed by atoms with Crippen molar-refractivity contribution in [3.8, 4) is 11.5 Å². The Bertz CT molecular complexity index is 467. The molecule has 0 fully saturated rings. The van der Waals surface area contributed by atoms with Crippen LogP contribution in [0.15, 0.2) is 12.1 Å². The fourth-order valence-corrected chi connectivity index (χ4v) is 2.15. The van der Waals surface area contributed by atoms with Crippen LogP contribution in [-0.4, -0.2) is 33.2 Å². The lowest BCUT2D eigenvalue weighted by atomic mass is 10.1. The third-order valence-corrected chi connectivity index (χ3v) is 3.30. The number of benzene rings is 1. The van der Waals surface area contributed by atoms with Gasteiger partial charge < -0.3 is 20.1 Å². The van der Waals surface area contributed by atoms with E-state index in [9.17, 15) is 4.79 Å². The number of aryl methyl sites for hydroxylation is 1. The molecule has 1 aromatic carbocycles. The summed E-state index contributed by atoms with van der Waals surface area (Å²) in [6.07, 6.45) is 0.881. The number of nitrogens with two attached hydrogens (primary N) is 1. The Morgan fingerprint density at radius 2 is 1.73 bits per heavy atom. The van der Waals surface area contributed by atoms with Crippen molar-refractivity contribution >= 4 is 24.0 Å². The summed E-state index contributed by atoms with van der Waals surface area (Å²) in [5.74, 6) is 1.59. The Balaban J connectivity index is 0.00000441. The van der Waals surface area contributed by atoms with Gasteiger partial charge in [-0.25, -0.2) is 0 Å². The molecule has 0 heterocycles. The number of anilines is 1. The first kappa shape index (κ1) is 20.5. The summed E-state index contributed by atoms with van der Waals surface area (Å²) in [5, 5.41) is 0. The first-order valence-corrected chi connectivity index (χ1v) is 7.17. The SMILES string of the molecule is COc1cc(C)cc(OC)c1N(CCC(C)C)C(=O)CN.Cl. The van der Waals surface area contributed by atoms with Gasteiger partial charge >= 0.3 is 0 Å². The third-order valence-electron chi connectivity index (χ3n) is 3.30. The van der Waals surface area contributed by atoms with Crippen molar-refractivity contribution in [3.05, 3.63) is 17.7 Å². The first-order valence-electron chi connectivity index (χ1n) is 7.17. The van der Waals surface area contributed by atoms with Crippen molar-refractivity contribution in [2.75, 3.05) is 32.2 Å². The molecular weight excluding hydrogens is 304 g/mol. The molecule has 0 aliphatic rings. The van der Waals surface area contributed by atoms with E-state index < -0.39 is 0 Å². The predicted molar refractivity (Wildman–Crippen MR) is 92.4 cm³/mol. The Morgan fingerprint density at radius 3 is 2.09 bits per heavy atom. The van der Waals surface area contributed by atoms with Crippen LogP contribution in [0.3, 0.4) is 0 Å². The van der Waals surface area contributed by atoms with Crippen LogP contribution >= 0.6 is 12.4 Å². The van der Waals surface area contributed by atoms with Crippen LogP contribution < -0.4 is 20.1 Å². The minimum Gasteiger partial charge on any atom is -0.494 e. The Labute approximate surface area is 139 Å². The van der Waals surface area contributed by atoms with E-state index in [4.69, 9.17) is 15.2 Å². The molecule has 1 aromatic rings. The second-order valence-corrected chi connectivity index (χ2v) is 5.45. The average molecular weight is 331 g/mol. The molecule has 1 amide bonds. The maximum Gasteiger partial charge on any atom is 0.240 e. The number of carbonyl (C=O) groups is 1. The van der Waals surface area contributed by atoms with E-state index in [1.54, 1.807) is 19.1 Å². The number of methoxy groups -OCH3 is 2. The van der Waals surface area contributed by atoms with Gasteiger partial charge in [-0.05, 0) is 37.0 Å². The van der Waals surface area contributed by atoms with E-state index in [0.29, 0.717) is 29.6 Å². The topological polar surface area (TPSA) is 64.8 Å². The monoisotopic (exact) mass is 330 g/mol. The zero-order valence-electron chi connectivity index (χ0n) is 14.0. The standard InChI is InChI=1S/C16H26N2O3.ClH/c1-11(2)6-7-18(15(19)10-17)16-13(20-4)8-12(3)9-14(16)21-5;/h8-9,11H,6-7,10,17H2,1-5H3;1H. The van der Waals surface area contributed by atoms with Crippen molar-refractivity contribution < 1.29 is 14.3 Å². The number of ether oxygens (including phenoxy) is 2. The second kappa shape index (κ2) is 9.54. The molecule has 0 unspecified atom stereocenters. The Morgan fingerprint density at radius 1 is 1.23 bits per heavy atom. The molecular formula is C16H27ClN2O3. The normalized spacial score (nSPS) is 10.1. The van der Waals surface area contributed by atoms with Crippen molar-refractivity contribution in [2.24, 2.45) is 11.7 Å². The second-order valence-electron chi connectivity index (χ2n) is 5.45. The van der Waals surface area contributed by atoms with Gasteiger partial charge in [-0.3, -0.25) is 4.79 Å². The Kier molecular flexibility index (Phi) is 8.90. The molecule has 0 spiro atoms. The highest BCUT2D eigenvalue weighted by molar-refractivity contribution is 5.98. The van der Waals surface area contributed by atoms with Gasteiger partial charge in [-0.1, -0.05) is 13.8 Å². The van der Waals surface area contributed by atoms with Crippen molar-refractivity contribution in [1.82, 2.24) is 0 Å². The van der Waals surface area contributed by atoms with Crippen LogP contribution in [-0.2, 0) is 4.79 Å². The highest BCUT2D eigenvalue weighted by atomic mass is 35.5. The summed E-state index contributed by atoms with van der Waals surface area (Å²) in [6, 6.07) is 3.79. The van der Waals surface area contributed by atoms with Crippen LogP contribution in [0.2, 0.25) is 0 Å². The number of hydrogen-bond donors (Lipinski definition) is 1. The van der Waals surface area contributed by atoms with Crippen molar-refractivity contribution in [2.45, 2.75) is 27.2 Å². The molecule has 0 aliphatic heterocycles. The van der Waals surface area contributed by atoms with Crippen LogP contribution in [0.1, 0.15) is 25.8 Å². The fourth-order valence-electron chi connectivity index (χ4n) is 2.15. The minimum absolute atomic E-state index is 0. The van der Waals surface area contributed by atoms with Gasteiger partial charge in [0.1, 0.15) is 17.2 Å². The van der Waals surface area contributed by atoms with E-state index in [-0.39, 0.29) is 24.9 Å². The van der Waals surface area contributed by atoms with E-state index in [1.165, 1.54) is 0 Å². The number of hydrogen-bond acceptors (Lipinski definition) is 4. The summed E-state index contributed by atoms with van der Waals surface area (Å²) in [7, 11) is 3.18. The first-order chi connectivity index (χ1) is 9.94. The summed E-state index contributed by atoms with van der Waals surface area (Å²) < 4.78 is 10.9. The van der Waals surface area contributed by atoms with E-state index >= 15 is 0 Å². The number of rotatable bonds is 7. The molecule has 0 radical (unpaired) electrons. The zero-order chi connectivity index (χ0) is 16.0. The Hall–Kier alpha value is -1.46. The van der Waals surface area contributed by atoms with Gasteiger partial charge in [-0.2, -0.15) is 0 Å². The van der Waals surface area contributed by atoms with E-state index in [2.05, 4.69) is 13.8 Å². The zero-order valence-corrected chi connectivity index (χ0v) is 14.8. The summed E-state index contributed by atoms with van der Waals surface area (Å²) >= 11 is 0. The molecule has 2 N–H and O–H groups in total. The minimum atomic E-state index is -0.142. The van der Waals surface area contributed by atoms with Crippen LogP contribution in [0.5, 0.6) is 11.5 Å². The smallest absolute Gasteiger partial charge is 0.240 e. The average Bonchev–Trinajstić information content (AvgIpc) is 2.46. The van der Waals surface area contributed by atoms with Gasteiger partial charge in [0.2, 0.25) is 5.91 Å². The summed E-state index contributed by atoms with van der Waals surface area (Å²) in [4.78, 5) is 13.9. The highest BCUT2D eigenvalue weighted by Crippen LogP contribution is 2.39. The largest absolute Gasteiger partial charge is 0.494 e. The summed E-state index contributed by atoms with van der Waals surface area (Å²) in [5.41, 5.74) is 7.22. The van der Waals surface area contributed by atoms with Crippen LogP contribution in [0, 0.1) is 12.8 Å². The lowest BCUT2D eigenvalue weighted by Gasteiger charge is -2.27. The predicted octanol–water partition coefficient (Wildman–Crippen LogP) is 2.77. The van der Waals surface area contributed by atoms with Crippen molar-refractivity contribution in [1.29, 1.82) is 0 Å². The number of carbonyl (C=O) groups excluding carboxylic acids is 1. The lowest BCUT2D eigenvalue weighted by molar-refractivity contribution is -0.117. The van der Waals surface area contributed by atoms with Crippen LogP contribution in [0.25, 0.3) is 0 Å². The maximum absolute atomic E-state index is 12.2. The van der Waals surface area contributed by atoms with Crippen molar-refractivity contribution in [3.63, 3.8) is 0 Å². The molecule has 126 valence electrons.